The van der Waals surface area contributed by atoms with Crippen LogP contribution in [0.4, 0.5) is 0 Å². The highest BCUT2D eigenvalue weighted by molar-refractivity contribution is 6.31. The first-order valence-electron chi connectivity index (χ1n) is 9.74. The molecule has 1 heterocycles. The number of amides is 1. The van der Waals surface area contributed by atoms with Crippen LogP contribution in [0, 0.1) is 5.92 Å². The van der Waals surface area contributed by atoms with Gasteiger partial charge in [0.2, 0.25) is 5.91 Å². The van der Waals surface area contributed by atoms with Gasteiger partial charge in [0.25, 0.3) is 11.9 Å². The molecule has 0 radical (unpaired) electrons. The van der Waals surface area contributed by atoms with E-state index in [0.717, 1.165) is 37.1 Å². The lowest BCUT2D eigenvalue weighted by molar-refractivity contribution is -0.135. The molecule has 10 nitrogen and oxygen atoms in total. The summed E-state index contributed by atoms with van der Waals surface area (Å²) in [6, 6.07) is 5.29. The number of nitrogens with two attached hydrogens (primary N) is 1. The summed E-state index contributed by atoms with van der Waals surface area (Å²) in [5.74, 6) is -1.03. The van der Waals surface area contributed by atoms with E-state index in [4.69, 9.17) is 37.1 Å². The Morgan fingerprint density at radius 1 is 1.23 bits per heavy atom. The summed E-state index contributed by atoms with van der Waals surface area (Å²) in [6.45, 7) is 2.67. The van der Waals surface area contributed by atoms with E-state index in [0.29, 0.717) is 30.8 Å². The molecular weight excluding hydrogens is 428 g/mol. The zero-order chi connectivity index (χ0) is 23.6. The molecule has 0 bridgehead atoms. The number of nitrogens with one attached hydrogen (secondary N) is 2. The molecule has 2 aromatic rings. The quantitative estimate of drug-likeness (QED) is 0.400. The number of aromatic nitrogens is 2. The first kappa shape index (κ1) is 26.3. The fourth-order valence-corrected chi connectivity index (χ4v) is 3.18. The van der Waals surface area contributed by atoms with Gasteiger partial charge in [-0.2, -0.15) is 0 Å². The number of carbonyl (C=O) groups is 3. The fourth-order valence-electron chi connectivity index (χ4n) is 3.01. The van der Waals surface area contributed by atoms with Crippen LogP contribution < -0.4 is 11.1 Å². The molecule has 1 fully saturated rings. The third-order valence-corrected chi connectivity index (χ3v) is 4.63. The highest BCUT2D eigenvalue weighted by Gasteiger charge is 2.30. The molecule has 1 saturated carbocycles. The van der Waals surface area contributed by atoms with Crippen molar-refractivity contribution in [1.82, 2.24) is 15.3 Å². The molecule has 1 aliphatic rings. The number of carbonyl (C=O) groups excluding carboxylic acids is 1. The van der Waals surface area contributed by atoms with Crippen molar-refractivity contribution in [3.05, 3.63) is 29.0 Å². The van der Waals surface area contributed by atoms with Crippen LogP contribution in [-0.2, 0) is 20.8 Å². The molecule has 3 rings (SSSR count). The molecule has 1 aromatic heterocycles. The Bertz CT molecular complexity index is 868. The number of aliphatic hydroxyl groups excluding tert-OH is 1. The summed E-state index contributed by atoms with van der Waals surface area (Å²) in [5.41, 5.74) is 7.51. The number of nitrogens with zero attached hydrogens (tertiary/aromatic N) is 1. The van der Waals surface area contributed by atoms with Crippen LogP contribution in [0.15, 0.2) is 18.2 Å². The molecule has 11 heteroatoms. The first-order valence-corrected chi connectivity index (χ1v) is 10.1. The highest BCUT2D eigenvalue weighted by Crippen LogP contribution is 2.23. The summed E-state index contributed by atoms with van der Waals surface area (Å²) in [7, 11) is 0. The predicted molar refractivity (Wildman–Crippen MR) is 116 cm³/mol. The van der Waals surface area contributed by atoms with E-state index in [9.17, 15) is 9.90 Å². The molecule has 0 saturated heterocycles. The van der Waals surface area contributed by atoms with Crippen LogP contribution in [0.2, 0.25) is 5.02 Å². The summed E-state index contributed by atoms with van der Waals surface area (Å²) >= 11 is 5.95. The molecule has 172 valence electrons. The Morgan fingerprint density at radius 2 is 1.84 bits per heavy atom. The number of H-pyrrole nitrogens is 1. The van der Waals surface area contributed by atoms with Crippen LogP contribution in [0.3, 0.4) is 0 Å². The molecule has 0 aliphatic heterocycles. The summed E-state index contributed by atoms with van der Waals surface area (Å²) in [6.07, 6.45) is 1.89. The zero-order valence-electron chi connectivity index (χ0n) is 17.5. The number of hydrogen-bond acceptors (Lipinski definition) is 6. The van der Waals surface area contributed by atoms with Gasteiger partial charge in [-0.25, -0.2) is 4.98 Å². The molecule has 0 spiro atoms. The number of aromatic amines is 1. The van der Waals surface area contributed by atoms with E-state index in [1.165, 1.54) is 0 Å². The molecule has 1 aromatic carbocycles. The number of imidazole rings is 1. The van der Waals surface area contributed by atoms with Crippen molar-refractivity contribution < 1.29 is 29.7 Å². The minimum Gasteiger partial charge on any atom is -0.481 e. The average Bonchev–Trinajstić information content (AvgIpc) is 3.04. The second-order valence-corrected chi connectivity index (χ2v) is 7.60. The number of aliphatic carboxylic acids is 2. The predicted octanol–water partition coefficient (Wildman–Crippen LogP) is 1.55. The molecular formula is C20H29ClN4O6. The lowest BCUT2D eigenvalue weighted by Crippen LogP contribution is -2.44. The molecule has 0 unspecified atom stereocenters. The van der Waals surface area contributed by atoms with Crippen molar-refractivity contribution in [1.29, 1.82) is 0 Å². The Labute approximate surface area is 184 Å². The van der Waals surface area contributed by atoms with E-state index in [1.54, 1.807) is 6.07 Å². The lowest BCUT2D eigenvalue weighted by Gasteiger charge is -2.29. The van der Waals surface area contributed by atoms with Crippen molar-refractivity contribution in [3.63, 3.8) is 0 Å². The Hall–Kier alpha value is -2.69. The maximum Gasteiger partial charge on any atom is 0.300 e. The molecule has 1 amide bonds. The van der Waals surface area contributed by atoms with Gasteiger partial charge in [0.1, 0.15) is 5.82 Å². The van der Waals surface area contributed by atoms with Crippen LogP contribution in [-0.4, -0.2) is 61.8 Å². The third kappa shape index (κ3) is 10.3. The van der Waals surface area contributed by atoms with Gasteiger partial charge in [0, 0.05) is 43.8 Å². The normalized spacial score (nSPS) is 20.0. The highest BCUT2D eigenvalue weighted by atomic mass is 35.5. The van der Waals surface area contributed by atoms with Gasteiger partial charge in [-0.3, -0.25) is 14.4 Å². The van der Waals surface area contributed by atoms with Gasteiger partial charge in [0.05, 0.1) is 17.1 Å². The summed E-state index contributed by atoms with van der Waals surface area (Å²) in [4.78, 5) is 37.8. The number of aliphatic hydroxyl groups is 1. The van der Waals surface area contributed by atoms with E-state index < -0.39 is 18.0 Å². The number of carboxylic acid groups (broad SMARTS) is 2. The molecule has 3 atom stereocenters. The Morgan fingerprint density at radius 3 is 2.42 bits per heavy atom. The van der Waals surface area contributed by atoms with Gasteiger partial charge in [-0.1, -0.05) is 11.6 Å². The summed E-state index contributed by atoms with van der Waals surface area (Å²) in [5, 5.41) is 28.2. The minimum absolute atomic E-state index is 0.0184. The van der Waals surface area contributed by atoms with Gasteiger partial charge < -0.3 is 31.4 Å². The SMILES string of the molecule is CC(=O)O.CC(=O)O.N[C@H]1CC[C@H](C(=O)NCCc2nc3ccc(Cl)cc3[nH]2)C[C@@H]1O. The van der Waals surface area contributed by atoms with Gasteiger partial charge >= 0.3 is 0 Å². The number of rotatable bonds is 4. The average molecular weight is 457 g/mol. The van der Waals surface area contributed by atoms with Crippen molar-refractivity contribution in [2.75, 3.05) is 6.54 Å². The van der Waals surface area contributed by atoms with Crippen molar-refractivity contribution in [2.24, 2.45) is 11.7 Å². The van der Waals surface area contributed by atoms with Gasteiger partial charge in [0.15, 0.2) is 0 Å². The number of benzene rings is 1. The topological polar surface area (TPSA) is 179 Å². The minimum atomic E-state index is -0.833. The fraction of sp³-hybridized carbons (Fsp3) is 0.500. The van der Waals surface area contributed by atoms with Crippen molar-refractivity contribution in [2.45, 2.75) is 51.7 Å². The van der Waals surface area contributed by atoms with Crippen LogP contribution in [0.5, 0.6) is 0 Å². The molecule has 1 aliphatic carbocycles. The summed E-state index contributed by atoms with van der Waals surface area (Å²) < 4.78 is 0. The lowest BCUT2D eigenvalue weighted by atomic mass is 9.84. The third-order valence-electron chi connectivity index (χ3n) is 4.39. The smallest absolute Gasteiger partial charge is 0.300 e. The van der Waals surface area contributed by atoms with E-state index in [1.807, 2.05) is 12.1 Å². The van der Waals surface area contributed by atoms with Crippen LogP contribution >= 0.6 is 11.6 Å². The Balaban J connectivity index is 0.000000519. The van der Waals surface area contributed by atoms with E-state index in [-0.39, 0.29) is 17.9 Å². The second-order valence-electron chi connectivity index (χ2n) is 7.17. The van der Waals surface area contributed by atoms with Crippen LogP contribution in [0.25, 0.3) is 11.0 Å². The molecule has 31 heavy (non-hydrogen) atoms. The number of fused-ring (bicyclic) bond motifs is 1. The van der Waals surface area contributed by atoms with Crippen molar-refractivity contribution in [3.8, 4) is 0 Å². The Kier molecular flexibility index (Phi) is 10.9. The maximum atomic E-state index is 12.1. The van der Waals surface area contributed by atoms with E-state index >= 15 is 0 Å². The maximum absolute atomic E-state index is 12.1. The van der Waals surface area contributed by atoms with Crippen molar-refractivity contribution >= 4 is 40.5 Å². The van der Waals surface area contributed by atoms with E-state index in [2.05, 4.69) is 15.3 Å². The zero-order valence-corrected chi connectivity index (χ0v) is 18.2. The monoisotopic (exact) mass is 456 g/mol. The standard InChI is InChI=1S/C16H21ClN4O2.2C2H4O2/c17-10-2-4-12-13(8-10)21-15(20-12)5-6-19-16(23)9-1-3-11(18)14(22)7-9;2*1-2(3)4/h2,4,8-9,11,14,22H,1,3,5-7,18H2,(H,19,23)(H,20,21);2*1H3,(H,3,4)/t9-,11-,14-;;/m0../s1. The van der Waals surface area contributed by atoms with Gasteiger partial charge in [-0.05, 0) is 37.5 Å². The number of carboxylic acids is 2. The first-order chi connectivity index (χ1) is 14.5. The number of hydrogen-bond donors (Lipinski definition) is 6. The second kappa shape index (κ2) is 12.9. The van der Waals surface area contributed by atoms with Gasteiger partial charge in [-0.15, -0.1) is 0 Å². The largest absolute Gasteiger partial charge is 0.481 e. The van der Waals surface area contributed by atoms with Crippen LogP contribution in [0.1, 0.15) is 38.9 Å². The number of halogens is 1. The molecule has 7 N–H and O–H groups in total.